The van der Waals surface area contributed by atoms with E-state index in [1.807, 2.05) is 0 Å². The molecule has 0 aliphatic carbocycles. The number of carboxylic acids is 2. The van der Waals surface area contributed by atoms with Gasteiger partial charge >= 0.3 is 59.1 Å². The van der Waals surface area contributed by atoms with Gasteiger partial charge in [-0.05, 0) is 0 Å². The fourth-order valence-electron chi connectivity index (χ4n) is 0.118. The first-order valence-corrected chi connectivity index (χ1v) is 1.52. The Kier molecular flexibility index (Phi) is 46.2. The average molecular weight is 184 g/mol. The Morgan fingerprint density at radius 3 is 1.09 bits per heavy atom. The standard InChI is InChI=1S/C3H4O4.2Na.2H2O/c4-2(5)1-3(6)7;;;;/h1H2,(H,4,5)(H,6,7);;;2*1H2/q;2*+1;;/p-2. The van der Waals surface area contributed by atoms with Crippen molar-refractivity contribution in [2.75, 3.05) is 0 Å². The van der Waals surface area contributed by atoms with Gasteiger partial charge in [-0.2, -0.15) is 0 Å². The minimum Gasteiger partial charge on any atom is -0.550 e. The average Bonchev–Trinajstić information content (AvgIpc) is 1.27. The van der Waals surface area contributed by atoms with Crippen molar-refractivity contribution in [2.45, 2.75) is 6.42 Å². The molecule has 4 N–H and O–H groups in total. The topological polar surface area (TPSA) is 143 Å². The second-order valence-corrected chi connectivity index (χ2v) is 0.921. The van der Waals surface area contributed by atoms with Gasteiger partial charge in [0.15, 0.2) is 0 Å². The van der Waals surface area contributed by atoms with E-state index in [0.29, 0.717) is 0 Å². The molecule has 0 amide bonds. The number of aliphatic carboxylic acids is 2. The summed E-state index contributed by atoms with van der Waals surface area (Å²) in [5, 5.41) is 18.6. The summed E-state index contributed by atoms with van der Waals surface area (Å²) in [6, 6.07) is 0. The van der Waals surface area contributed by atoms with Crippen LogP contribution in [0.1, 0.15) is 6.42 Å². The van der Waals surface area contributed by atoms with E-state index < -0.39 is 18.4 Å². The molecule has 0 spiro atoms. The fourth-order valence-corrected chi connectivity index (χ4v) is 0.118. The Bertz CT molecular complexity index is 92.0. The molecular weight excluding hydrogens is 178 g/mol. The molecule has 0 rings (SSSR count). The van der Waals surface area contributed by atoms with Gasteiger partial charge in [-0.15, -0.1) is 0 Å². The van der Waals surface area contributed by atoms with Crippen molar-refractivity contribution in [3.63, 3.8) is 0 Å². The SMILES string of the molecule is O.O.O=C([O-])CC(=O)[O-].[Na+].[Na+]. The molecule has 0 aromatic heterocycles. The quantitative estimate of drug-likeness (QED) is 0.310. The Hall–Kier alpha value is 0.860. The maximum Gasteiger partial charge on any atom is 1.00 e. The summed E-state index contributed by atoms with van der Waals surface area (Å²) in [7, 11) is 0. The first-order valence-electron chi connectivity index (χ1n) is 1.52. The van der Waals surface area contributed by atoms with Gasteiger partial charge in [-0.1, -0.05) is 0 Å². The largest absolute Gasteiger partial charge is 1.00 e. The molecule has 0 saturated heterocycles. The summed E-state index contributed by atoms with van der Waals surface area (Å²) in [4.78, 5) is 18.6. The third-order valence-corrected chi connectivity index (χ3v) is 0.289. The zero-order chi connectivity index (χ0) is 5.86. The van der Waals surface area contributed by atoms with E-state index in [2.05, 4.69) is 0 Å². The summed E-state index contributed by atoms with van der Waals surface area (Å²) in [6.45, 7) is 0. The van der Waals surface area contributed by atoms with Gasteiger partial charge in [-0.25, -0.2) is 0 Å². The van der Waals surface area contributed by atoms with E-state index in [1.54, 1.807) is 0 Å². The van der Waals surface area contributed by atoms with Crippen molar-refractivity contribution in [1.82, 2.24) is 0 Å². The minimum absolute atomic E-state index is 0. The van der Waals surface area contributed by atoms with E-state index in [0.717, 1.165) is 0 Å². The minimum atomic E-state index is -1.63. The fraction of sp³-hybridized carbons (Fsp3) is 0.333. The second-order valence-electron chi connectivity index (χ2n) is 0.921. The second kappa shape index (κ2) is 17.1. The van der Waals surface area contributed by atoms with Crippen LogP contribution >= 0.6 is 0 Å². The third kappa shape index (κ3) is 36.1. The summed E-state index contributed by atoms with van der Waals surface area (Å²) in [5.74, 6) is -3.25. The maximum atomic E-state index is 9.28. The molecule has 0 unspecified atom stereocenters. The smallest absolute Gasteiger partial charge is 0.550 e. The van der Waals surface area contributed by atoms with Crippen molar-refractivity contribution in [2.24, 2.45) is 0 Å². The molecule has 0 atom stereocenters. The van der Waals surface area contributed by atoms with E-state index in [-0.39, 0.29) is 70.1 Å². The zero-order valence-corrected chi connectivity index (χ0v) is 10.3. The van der Waals surface area contributed by atoms with Gasteiger partial charge in [0.2, 0.25) is 0 Å². The van der Waals surface area contributed by atoms with Gasteiger partial charge < -0.3 is 30.8 Å². The zero-order valence-electron chi connectivity index (χ0n) is 6.34. The van der Waals surface area contributed by atoms with Gasteiger partial charge in [0, 0.05) is 18.4 Å². The first-order chi connectivity index (χ1) is 3.13. The van der Waals surface area contributed by atoms with Crippen LogP contribution in [-0.2, 0) is 9.59 Å². The van der Waals surface area contributed by atoms with Gasteiger partial charge in [0.05, 0.1) is 0 Å². The molecular formula is C3H6Na2O6. The number of hydrogen-bond donors (Lipinski definition) is 0. The molecule has 56 valence electrons. The third-order valence-electron chi connectivity index (χ3n) is 0.289. The Labute approximate surface area is 107 Å². The van der Waals surface area contributed by atoms with E-state index in [9.17, 15) is 19.8 Å². The summed E-state index contributed by atoms with van der Waals surface area (Å²) < 4.78 is 0. The van der Waals surface area contributed by atoms with Crippen LogP contribution in [0, 0.1) is 0 Å². The van der Waals surface area contributed by atoms with Crippen LogP contribution in [0.3, 0.4) is 0 Å². The molecule has 11 heavy (non-hydrogen) atoms. The van der Waals surface area contributed by atoms with E-state index >= 15 is 0 Å². The molecule has 0 bridgehead atoms. The Balaban J connectivity index is -0.0000000300. The van der Waals surface area contributed by atoms with Crippen molar-refractivity contribution in [3.05, 3.63) is 0 Å². The molecule has 0 aromatic rings. The Morgan fingerprint density at radius 2 is 1.09 bits per heavy atom. The summed E-state index contributed by atoms with van der Waals surface area (Å²) in [5.41, 5.74) is 0. The number of carbonyl (C=O) groups is 2. The predicted octanol–water partition coefficient (Wildman–Crippen LogP) is -10.8. The van der Waals surface area contributed by atoms with Crippen LogP contribution < -0.4 is 69.3 Å². The van der Waals surface area contributed by atoms with Gasteiger partial charge in [0.1, 0.15) is 0 Å². The number of hydrogen-bond acceptors (Lipinski definition) is 4. The predicted molar refractivity (Wildman–Crippen MR) is 21.9 cm³/mol. The maximum absolute atomic E-state index is 9.28. The number of rotatable bonds is 2. The molecule has 0 fully saturated rings. The molecule has 0 heterocycles. The summed E-state index contributed by atoms with van der Waals surface area (Å²) >= 11 is 0. The molecule has 0 saturated carbocycles. The van der Waals surface area contributed by atoms with E-state index in [1.165, 1.54) is 0 Å². The van der Waals surface area contributed by atoms with Crippen molar-refractivity contribution in [1.29, 1.82) is 0 Å². The Morgan fingerprint density at radius 1 is 0.909 bits per heavy atom. The molecule has 0 aliphatic rings. The molecule has 0 aromatic carbocycles. The molecule has 0 radical (unpaired) electrons. The van der Waals surface area contributed by atoms with Crippen LogP contribution in [0.2, 0.25) is 0 Å². The van der Waals surface area contributed by atoms with Crippen LogP contribution in [0.5, 0.6) is 0 Å². The van der Waals surface area contributed by atoms with Crippen LogP contribution in [0.25, 0.3) is 0 Å². The van der Waals surface area contributed by atoms with Crippen LogP contribution in [-0.4, -0.2) is 22.9 Å². The monoisotopic (exact) mass is 184 g/mol. The molecule has 6 nitrogen and oxygen atoms in total. The number of carbonyl (C=O) groups excluding carboxylic acids is 2. The van der Waals surface area contributed by atoms with Crippen molar-refractivity contribution >= 4 is 11.9 Å². The van der Waals surface area contributed by atoms with Gasteiger partial charge in [0.25, 0.3) is 0 Å². The van der Waals surface area contributed by atoms with Crippen LogP contribution in [0.4, 0.5) is 0 Å². The van der Waals surface area contributed by atoms with E-state index in [4.69, 9.17) is 0 Å². The first kappa shape index (κ1) is 29.7. The molecule has 0 aliphatic heterocycles. The van der Waals surface area contributed by atoms with Crippen LogP contribution in [0.15, 0.2) is 0 Å². The summed E-state index contributed by atoms with van der Waals surface area (Å²) in [6.07, 6.45) is -1.03. The van der Waals surface area contributed by atoms with Crippen molar-refractivity contribution < 1.29 is 89.9 Å². The normalized spacial score (nSPS) is 5.09. The molecule has 8 heteroatoms. The van der Waals surface area contributed by atoms with Gasteiger partial charge in [-0.3, -0.25) is 0 Å². The number of carboxylic acid groups (broad SMARTS) is 2. The van der Waals surface area contributed by atoms with Crippen molar-refractivity contribution in [3.8, 4) is 0 Å².